The van der Waals surface area contributed by atoms with E-state index in [9.17, 15) is 9.90 Å². The van der Waals surface area contributed by atoms with Gasteiger partial charge in [0.1, 0.15) is 5.54 Å². The number of pyridine rings is 1. The van der Waals surface area contributed by atoms with E-state index in [2.05, 4.69) is 10.3 Å². The second-order valence-corrected chi connectivity index (χ2v) is 5.41. The van der Waals surface area contributed by atoms with Gasteiger partial charge in [0, 0.05) is 11.6 Å². The van der Waals surface area contributed by atoms with Crippen LogP contribution >= 0.6 is 0 Å². The molecule has 2 N–H and O–H groups in total. The van der Waals surface area contributed by atoms with Crippen molar-refractivity contribution < 1.29 is 9.90 Å². The van der Waals surface area contributed by atoms with Gasteiger partial charge in [-0.2, -0.15) is 0 Å². The van der Waals surface area contributed by atoms with Crippen LogP contribution in [0, 0.1) is 5.41 Å². The van der Waals surface area contributed by atoms with E-state index in [1.165, 1.54) is 0 Å². The maximum atomic E-state index is 12.0. The van der Waals surface area contributed by atoms with Crippen LogP contribution in [0.15, 0.2) is 24.4 Å². The third-order valence-corrected chi connectivity index (χ3v) is 2.62. The van der Waals surface area contributed by atoms with E-state index < -0.39 is 11.0 Å². The predicted octanol–water partition coefficient (Wildman–Crippen LogP) is 1.45. The number of carbonyl (C=O) groups is 1. The molecule has 1 unspecified atom stereocenters. The number of hydrogen-bond donors (Lipinski definition) is 2. The smallest absolute Gasteiger partial charge is 0.226 e. The molecule has 0 saturated carbocycles. The number of aromatic nitrogens is 1. The molecule has 0 bridgehead atoms. The lowest BCUT2D eigenvalue weighted by atomic mass is 9.91. The molecule has 1 heterocycles. The fraction of sp³-hybridized carbons (Fsp3) is 0.538. The minimum absolute atomic E-state index is 0.111. The number of nitrogens with one attached hydrogen (secondary N) is 1. The Balaban J connectivity index is 2.95. The van der Waals surface area contributed by atoms with Crippen LogP contribution in [0.25, 0.3) is 0 Å². The predicted molar refractivity (Wildman–Crippen MR) is 66.3 cm³/mol. The molecule has 4 heteroatoms. The van der Waals surface area contributed by atoms with Crippen molar-refractivity contribution in [3.63, 3.8) is 0 Å². The summed E-state index contributed by atoms with van der Waals surface area (Å²) >= 11 is 0. The van der Waals surface area contributed by atoms with E-state index in [1.807, 2.05) is 26.8 Å². The van der Waals surface area contributed by atoms with Gasteiger partial charge in [-0.15, -0.1) is 0 Å². The first kappa shape index (κ1) is 13.6. The Kier molecular flexibility index (Phi) is 3.88. The molecule has 4 nitrogen and oxygen atoms in total. The largest absolute Gasteiger partial charge is 0.394 e. The zero-order valence-corrected chi connectivity index (χ0v) is 10.8. The van der Waals surface area contributed by atoms with Crippen molar-refractivity contribution in [1.29, 1.82) is 0 Å². The Morgan fingerprint density at radius 2 is 2.00 bits per heavy atom. The molecule has 0 saturated heterocycles. The van der Waals surface area contributed by atoms with E-state index in [0.717, 1.165) is 0 Å². The van der Waals surface area contributed by atoms with Crippen LogP contribution in [0.2, 0.25) is 0 Å². The highest BCUT2D eigenvalue weighted by atomic mass is 16.3. The summed E-state index contributed by atoms with van der Waals surface area (Å²) in [6.07, 6.45) is 1.65. The van der Waals surface area contributed by atoms with Gasteiger partial charge in [-0.25, -0.2) is 0 Å². The third-order valence-electron chi connectivity index (χ3n) is 2.62. The number of aliphatic hydroxyl groups is 1. The van der Waals surface area contributed by atoms with Gasteiger partial charge in [0.15, 0.2) is 0 Å². The van der Waals surface area contributed by atoms with Gasteiger partial charge in [-0.1, -0.05) is 26.8 Å². The summed E-state index contributed by atoms with van der Waals surface area (Å²) < 4.78 is 0. The Labute approximate surface area is 102 Å². The number of amides is 1. The Morgan fingerprint density at radius 3 is 2.41 bits per heavy atom. The number of carbonyl (C=O) groups excluding carboxylic acids is 1. The van der Waals surface area contributed by atoms with E-state index >= 15 is 0 Å². The van der Waals surface area contributed by atoms with Gasteiger partial charge in [0.05, 0.1) is 12.3 Å². The van der Waals surface area contributed by atoms with Crippen LogP contribution < -0.4 is 5.32 Å². The summed E-state index contributed by atoms with van der Waals surface area (Å²) in [6, 6.07) is 5.42. The lowest BCUT2D eigenvalue weighted by molar-refractivity contribution is -0.131. The minimum atomic E-state index is -0.842. The molecule has 0 aliphatic heterocycles. The van der Waals surface area contributed by atoms with Crippen LogP contribution in [0.5, 0.6) is 0 Å². The van der Waals surface area contributed by atoms with Crippen molar-refractivity contribution >= 4 is 5.91 Å². The highest BCUT2D eigenvalue weighted by Gasteiger charge is 2.33. The molecule has 0 aliphatic carbocycles. The van der Waals surface area contributed by atoms with Gasteiger partial charge in [0.2, 0.25) is 5.91 Å². The fourth-order valence-electron chi connectivity index (χ4n) is 1.31. The molecule has 94 valence electrons. The molecule has 0 radical (unpaired) electrons. The molecule has 1 aromatic heterocycles. The van der Waals surface area contributed by atoms with E-state index in [1.54, 1.807) is 25.3 Å². The molecule has 0 fully saturated rings. The topological polar surface area (TPSA) is 62.2 Å². The number of aliphatic hydroxyl groups excluding tert-OH is 1. The molecule has 1 rings (SSSR count). The van der Waals surface area contributed by atoms with Crippen molar-refractivity contribution in [2.75, 3.05) is 6.61 Å². The second kappa shape index (κ2) is 4.84. The molecular weight excluding hydrogens is 216 g/mol. The lowest BCUT2D eigenvalue weighted by Gasteiger charge is -2.31. The molecule has 1 atom stereocenters. The maximum absolute atomic E-state index is 12.0. The summed E-state index contributed by atoms with van der Waals surface area (Å²) in [6.45, 7) is 7.07. The minimum Gasteiger partial charge on any atom is -0.394 e. The number of hydrogen-bond acceptors (Lipinski definition) is 3. The summed E-state index contributed by atoms with van der Waals surface area (Å²) in [5, 5.41) is 12.3. The zero-order valence-electron chi connectivity index (χ0n) is 10.8. The molecule has 0 aliphatic rings. The van der Waals surface area contributed by atoms with Crippen LogP contribution in [0.1, 0.15) is 33.4 Å². The van der Waals surface area contributed by atoms with E-state index in [-0.39, 0.29) is 12.5 Å². The van der Waals surface area contributed by atoms with Crippen molar-refractivity contribution in [3.05, 3.63) is 30.1 Å². The monoisotopic (exact) mass is 236 g/mol. The zero-order chi connectivity index (χ0) is 13.1. The summed E-state index contributed by atoms with van der Waals surface area (Å²) in [5.74, 6) is -0.111. The molecule has 0 aromatic carbocycles. The first-order chi connectivity index (χ1) is 7.79. The first-order valence-electron chi connectivity index (χ1n) is 5.64. The average Bonchev–Trinajstić information content (AvgIpc) is 2.28. The summed E-state index contributed by atoms with van der Waals surface area (Å²) in [5.41, 5.74) is -0.684. The van der Waals surface area contributed by atoms with Crippen LogP contribution in [-0.4, -0.2) is 22.6 Å². The third kappa shape index (κ3) is 3.27. The maximum Gasteiger partial charge on any atom is 0.226 e. The van der Waals surface area contributed by atoms with E-state index in [4.69, 9.17) is 0 Å². The fourth-order valence-corrected chi connectivity index (χ4v) is 1.31. The Hall–Kier alpha value is -1.42. The van der Waals surface area contributed by atoms with E-state index in [0.29, 0.717) is 5.69 Å². The second-order valence-electron chi connectivity index (χ2n) is 5.41. The SMILES string of the molecule is CC(C)(C)C(=O)NC(C)(CO)c1ccccn1. The van der Waals surface area contributed by atoms with Crippen molar-refractivity contribution in [1.82, 2.24) is 10.3 Å². The molecule has 0 spiro atoms. The van der Waals surface area contributed by atoms with Crippen molar-refractivity contribution in [2.24, 2.45) is 5.41 Å². The quantitative estimate of drug-likeness (QED) is 0.835. The summed E-state index contributed by atoms with van der Waals surface area (Å²) in [7, 11) is 0. The van der Waals surface area contributed by atoms with Crippen LogP contribution in [-0.2, 0) is 10.3 Å². The molecule has 1 aromatic rings. The van der Waals surface area contributed by atoms with Crippen LogP contribution in [0.4, 0.5) is 0 Å². The lowest BCUT2D eigenvalue weighted by Crippen LogP contribution is -2.50. The van der Waals surface area contributed by atoms with Gasteiger partial charge >= 0.3 is 0 Å². The molecule has 17 heavy (non-hydrogen) atoms. The molecular formula is C13H20N2O2. The normalized spacial score (nSPS) is 15.1. The number of rotatable bonds is 3. The van der Waals surface area contributed by atoms with Crippen molar-refractivity contribution in [3.8, 4) is 0 Å². The van der Waals surface area contributed by atoms with Crippen LogP contribution in [0.3, 0.4) is 0 Å². The van der Waals surface area contributed by atoms with Crippen molar-refractivity contribution in [2.45, 2.75) is 33.2 Å². The summed E-state index contributed by atoms with van der Waals surface area (Å²) in [4.78, 5) is 16.1. The van der Waals surface area contributed by atoms with Gasteiger partial charge in [0.25, 0.3) is 0 Å². The van der Waals surface area contributed by atoms with Gasteiger partial charge < -0.3 is 10.4 Å². The van der Waals surface area contributed by atoms with Gasteiger partial charge in [-0.05, 0) is 19.1 Å². The highest BCUT2D eigenvalue weighted by molar-refractivity contribution is 5.82. The number of nitrogens with zero attached hydrogens (tertiary/aromatic N) is 1. The van der Waals surface area contributed by atoms with Gasteiger partial charge in [-0.3, -0.25) is 9.78 Å². The Bertz CT molecular complexity index is 384. The Morgan fingerprint density at radius 1 is 1.35 bits per heavy atom. The highest BCUT2D eigenvalue weighted by Crippen LogP contribution is 2.21. The average molecular weight is 236 g/mol. The first-order valence-corrected chi connectivity index (χ1v) is 5.64. The standard InChI is InChI=1S/C13H20N2O2/c1-12(2,3)11(17)15-13(4,9-16)10-7-5-6-8-14-10/h5-8,16H,9H2,1-4H3,(H,15,17). The molecule has 1 amide bonds.